The van der Waals surface area contributed by atoms with Crippen molar-refractivity contribution in [3.8, 4) is 5.75 Å². The molecule has 0 bridgehead atoms. The summed E-state index contributed by atoms with van der Waals surface area (Å²) in [6.45, 7) is -0.0503. The van der Waals surface area contributed by atoms with Gasteiger partial charge in [-0.2, -0.15) is 0 Å². The van der Waals surface area contributed by atoms with Gasteiger partial charge in [-0.1, -0.05) is 6.07 Å². The summed E-state index contributed by atoms with van der Waals surface area (Å²) in [4.78, 5) is 14.2. The minimum absolute atomic E-state index is 0.0503. The summed E-state index contributed by atoms with van der Waals surface area (Å²) in [7, 11) is 0. The number of hydrogen-bond donors (Lipinski definition) is 1. The molecule has 0 amide bonds. The number of aliphatic carboxylic acids is 1. The fourth-order valence-corrected chi connectivity index (χ4v) is 1.36. The molecule has 1 aromatic rings. The van der Waals surface area contributed by atoms with Gasteiger partial charge in [0.05, 0.1) is 6.42 Å². The van der Waals surface area contributed by atoms with Gasteiger partial charge in [0.1, 0.15) is 18.0 Å². The van der Waals surface area contributed by atoms with Gasteiger partial charge in [0, 0.05) is 5.90 Å². The van der Waals surface area contributed by atoms with Crippen LogP contribution in [-0.2, 0) is 11.2 Å². The summed E-state index contributed by atoms with van der Waals surface area (Å²) in [5.41, 5.74) is 1.01. The van der Waals surface area contributed by atoms with E-state index in [0.717, 1.165) is 0 Å². The lowest BCUT2D eigenvalue weighted by Gasteiger charge is -2.19. The molecule has 1 aliphatic heterocycles. The second-order valence-corrected chi connectivity index (χ2v) is 3.17. The molecule has 78 valence electrons. The van der Waals surface area contributed by atoms with Crippen LogP contribution in [0.3, 0.4) is 0 Å². The van der Waals surface area contributed by atoms with Crippen molar-refractivity contribution < 1.29 is 19.7 Å². The van der Waals surface area contributed by atoms with E-state index in [1.807, 2.05) is 0 Å². The second-order valence-electron chi connectivity index (χ2n) is 3.17. The number of carbonyl (C=O) groups is 1. The number of benzene rings is 1. The molecule has 5 heteroatoms. The number of nitrogens with zero attached hydrogens (tertiary/aromatic N) is 1. The summed E-state index contributed by atoms with van der Waals surface area (Å²) in [5, 5.41) is 19.5. The van der Waals surface area contributed by atoms with Gasteiger partial charge >= 0.3 is 5.97 Å². The van der Waals surface area contributed by atoms with Crippen molar-refractivity contribution in [2.45, 2.75) is 6.42 Å². The molecule has 1 N–H and O–H groups in total. The van der Waals surface area contributed by atoms with Crippen LogP contribution in [0.2, 0.25) is 0 Å². The molecule has 0 aliphatic carbocycles. The van der Waals surface area contributed by atoms with E-state index in [4.69, 9.17) is 9.84 Å². The summed E-state index contributed by atoms with van der Waals surface area (Å²) in [6.07, 6.45) is -0.0863. The van der Waals surface area contributed by atoms with Crippen molar-refractivity contribution in [2.75, 3.05) is 6.61 Å². The fraction of sp³-hybridized carbons (Fsp3) is 0.200. The molecule has 0 aromatic heterocycles. The van der Waals surface area contributed by atoms with Crippen LogP contribution in [0, 0.1) is 0 Å². The normalized spacial score (nSPS) is 13.7. The Morgan fingerprint density at radius 2 is 2.40 bits per heavy atom. The van der Waals surface area contributed by atoms with E-state index >= 15 is 0 Å². The van der Waals surface area contributed by atoms with Gasteiger partial charge in [-0.3, -0.25) is 9.79 Å². The highest BCUT2D eigenvalue weighted by Gasteiger charge is 2.10. The average Bonchev–Trinajstić information content (AvgIpc) is 2.16. The zero-order chi connectivity index (χ0) is 10.8. The van der Waals surface area contributed by atoms with E-state index in [9.17, 15) is 9.90 Å². The molecule has 0 spiro atoms. The molecule has 1 aliphatic rings. The first-order valence-corrected chi connectivity index (χ1v) is 4.37. The Bertz CT molecular complexity index is 439. The number of fused-ring (bicyclic) bond motifs is 1. The largest absolute Gasteiger partial charge is 0.859 e. The molecule has 0 fully saturated rings. The van der Waals surface area contributed by atoms with E-state index in [1.54, 1.807) is 18.2 Å². The Morgan fingerprint density at radius 3 is 3.13 bits per heavy atom. The molecule has 1 aromatic carbocycles. The molecule has 5 nitrogen and oxygen atoms in total. The topological polar surface area (TPSA) is 82.0 Å². The molecule has 0 radical (unpaired) electrons. The highest BCUT2D eigenvalue weighted by Crippen LogP contribution is 2.31. The van der Waals surface area contributed by atoms with Crippen LogP contribution in [0.4, 0.5) is 5.69 Å². The predicted octanol–water partition coefficient (Wildman–Crippen LogP) is 0.0964. The van der Waals surface area contributed by atoms with Gasteiger partial charge in [-0.25, -0.2) is 0 Å². The quantitative estimate of drug-likeness (QED) is 0.743. The molecule has 15 heavy (non-hydrogen) atoms. The predicted molar refractivity (Wildman–Crippen MR) is 50.4 cm³/mol. The molecule has 0 unspecified atom stereocenters. The number of ether oxygens (including phenoxy) is 1. The zero-order valence-electron chi connectivity index (χ0n) is 7.77. The van der Waals surface area contributed by atoms with Gasteiger partial charge in [0.2, 0.25) is 0 Å². The van der Waals surface area contributed by atoms with Crippen LogP contribution in [0.5, 0.6) is 5.75 Å². The minimum Gasteiger partial charge on any atom is -0.859 e. The molecular weight excluding hydrogens is 198 g/mol. The lowest BCUT2D eigenvalue weighted by atomic mass is 10.1. The van der Waals surface area contributed by atoms with Crippen LogP contribution in [0.15, 0.2) is 23.2 Å². The van der Waals surface area contributed by atoms with Gasteiger partial charge in [0.15, 0.2) is 0 Å². The first-order chi connectivity index (χ1) is 7.15. The third kappa shape index (κ3) is 2.07. The maximum atomic E-state index is 11.0. The maximum Gasteiger partial charge on any atom is 0.307 e. The average molecular weight is 206 g/mol. The highest BCUT2D eigenvalue weighted by molar-refractivity contribution is 5.81. The van der Waals surface area contributed by atoms with Crippen LogP contribution in [0.1, 0.15) is 5.56 Å². The third-order valence-corrected chi connectivity index (χ3v) is 1.97. The highest BCUT2D eigenvalue weighted by atomic mass is 16.5. The van der Waals surface area contributed by atoms with E-state index in [1.165, 1.54) is 0 Å². The first-order valence-electron chi connectivity index (χ1n) is 4.37. The number of aliphatic imine (C=N–C) groups is 1. The van der Waals surface area contributed by atoms with E-state index in [2.05, 4.69) is 4.99 Å². The SMILES string of the molecule is O=C(O)Cc1ccc2c(c1)N=C([O-])CO2. The lowest BCUT2D eigenvalue weighted by molar-refractivity contribution is -0.221. The second kappa shape index (κ2) is 3.61. The van der Waals surface area contributed by atoms with E-state index in [0.29, 0.717) is 17.0 Å². The van der Waals surface area contributed by atoms with Crippen molar-refractivity contribution in [1.29, 1.82) is 0 Å². The first kappa shape index (κ1) is 9.51. The lowest BCUT2D eigenvalue weighted by Crippen LogP contribution is -2.27. The zero-order valence-corrected chi connectivity index (χ0v) is 7.77. The maximum absolute atomic E-state index is 11.0. The Morgan fingerprint density at radius 1 is 1.60 bits per heavy atom. The van der Waals surface area contributed by atoms with Crippen LogP contribution in [0.25, 0.3) is 0 Å². The molecular formula is C10H8NO4-. The van der Waals surface area contributed by atoms with Gasteiger partial charge in [-0.05, 0) is 17.7 Å². The Hall–Kier alpha value is -2.04. The smallest absolute Gasteiger partial charge is 0.307 e. The summed E-state index contributed by atoms with van der Waals surface area (Å²) < 4.78 is 5.10. The van der Waals surface area contributed by atoms with E-state index < -0.39 is 5.97 Å². The Kier molecular flexibility index (Phi) is 2.29. The van der Waals surface area contributed by atoms with Crippen LogP contribution in [-0.4, -0.2) is 23.6 Å². The Balaban J connectivity index is 2.33. The van der Waals surface area contributed by atoms with E-state index in [-0.39, 0.29) is 18.9 Å². The van der Waals surface area contributed by atoms with Gasteiger partial charge in [-0.15, -0.1) is 0 Å². The van der Waals surface area contributed by atoms with Crippen molar-refractivity contribution in [2.24, 2.45) is 4.99 Å². The van der Waals surface area contributed by atoms with Gasteiger partial charge in [0.25, 0.3) is 0 Å². The molecule has 0 saturated carbocycles. The van der Waals surface area contributed by atoms with Crippen molar-refractivity contribution >= 4 is 17.6 Å². The van der Waals surface area contributed by atoms with Crippen LogP contribution >= 0.6 is 0 Å². The van der Waals surface area contributed by atoms with Crippen molar-refractivity contribution in [3.63, 3.8) is 0 Å². The number of carboxylic acids is 1. The fourth-order valence-electron chi connectivity index (χ4n) is 1.36. The molecule has 2 rings (SSSR count). The number of carboxylic acid groups (broad SMARTS) is 1. The Labute approximate surface area is 85.6 Å². The summed E-state index contributed by atoms with van der Waals surface area (Å²) in [5.74, 6) is -0.753. The monoisotopic (exact) mass is 206 g/mol. The number of rotatable bonds is 2. The third-order valence-electron chi connectivity index (χ3n) is 1.97. The van der Waals surface area contributed by atoms with Crippen LogP contribution < -0.4 is 9.84 Å². The summed E-state index contributed by atoms with van der Waals surface area (Å²) >= 11 is 0. The summed E-state index contributed by atoms with van der Waals surface area (Å²) in [6, 6.07) is 4.84. The van der Waals surface area contributed by atoms with Crippen molar-refractivity contribution in [1.82, 2.24) is 0 Å². The van der Waals surface area contributed by atoms with Crippen molar-refractivity contribution in [3.05, 3.63) is 23.8 Å². The molecule has 0 saturated heterocycles. The molecule has 0 atom stereocenters. The standard InChI is InChI=1S/C10H9NO4/c12-9-5-15-8-2-1-6(4-10(13)14)3-7(8)11-9/h1-3H,4-5H2,(H,11,12)(H,13,14)/p-1. The molecule has 1 heterocycles. The van der Waals surface area contributed by atoms with Gasteiger partial charge < -0.3 is 14.9 Å². The number of hydrogen-bond acceptors (Lipinski definition) is 4. The minimum atomic E-state index is -0.919.